The van der Waals surface area contributed by atoms with Gasteiger partial charge >= 0.3 is 6.03 Å². The average Bonchev–Trinajstić information content (AvgIpc) is 2.58. The molecular weight excluding hydrogens is 285 g/mol. The van der Waals surface area contributed by atoms with Crippen molar-refractivity contribution in [3.8, 4) is 0 Å². The summed E-state index contributed by atoms with van der Waals surface area (Å²) >= 11 is 0. The van der Waals surface area contributed by atoms with Gasteiger partial charge < -0.3 is 9.64 Å². The van der Waals surface area contributed by atoms with Crippen LogP contribution in [0.1, 0.15) is 11.6 Å². The van der Waals surface area contributed by atoms with Gasteiger partial charge in [-0.25, -0.2) is 14.2 Å². The van der Waals surface area contributed by atoms with Crippen LogP contribution in [0.2, 0.25) is 0 Å². The van der Waals surface area contributed by atoms with Crippen LogP contribution in [0.5, 0.6) is 0 Å². The molecule has 0 bridgehead atoms. The maximum absolute atomic E-state index is 12.9. The molecule has 2 heterocycles. The Morgan fingerprint density at radius 2 is 2.09 bits per heavy atom. The Bertz CT molecular complexity index is 634. The van der Waals surface area contributed by atoms with Crippen molar-refractivity contribution in [3.63, 3.8) is 0 Å². The van der Waals surface area contributed by atoms with E-state index in [1.807, 2.05) is 30.3 Å². The number of ether oxygens (including phenoxy) is 1. The second kappa shape index (κ2) is 6.53. The van der Waals surface area contributed by atoms with Gasteiger partial charge in [-0.1, -0.05) is 30.3 Å². The Balaban J connectivity index is 1.75. The molecule has 0 saturated carbocycles. The highest BCUT2D eigenvalue weighted by atomic mass is 19.1. The van der Waals surface area contributed by atoms with Crippen LogP contribution < -0.4 is 5.32 Å². The second-order valence-corrected chi connectivity index (χ2v) is 4.99. The van der Waals surface area contributed by atoms with Crippen LogP contribution in [0.3, 0.4) is 0 Å². The zero-order valence-electron chi connectivity index (χ0n) is 11.9. The van der Waals surface area contributed by atoms with Crippen LogP contribution in [0.25, 0.3) is 0 Å². The molecule has 2 amide bonds. The van der Waals surface area contributed by atoms with Crippen molar-refractivity contribution in [2.75, 3.05) is 25.1 Å². The highest BCUT2D eigenvalue weighted by Gasteiger charge is 2.28. The molecule has 1 aliphatic rings. The summed E-state index contributed by atoms with van der Waals surface area (Å²) in [7, 11) is 0. The van der Waals surface area contributed by atoms with Crippen molar-refractivity contribution < 1.29 is 13.9 Å². The van der Waals surface area contributed by atoms with E-state index >= 15 is 0 Å². The third-order valence-electron chi connectivity index (χ3n) is 3.54. The van der Waals surface area contributed by atoms with Crippen molar-refractivity contribution in [3.05, 3.63) is 60.0 Å². The first-order chi connectivity index (χ1) is 10.7. The molecule has 1 saturated heterocycles. The van der Waals surface area contributed by atoms with Crippen LogP contribution >= 0.6 is 0 Å². The molecule has 1 aliphatic heterocycles. The largest absolute Gasteiger partial charge is 0.377 e. The van der Waals surface area contributed by atoms with Gasteiger partial charge in [0, 0.05) is 6.54 Å². The third kappa shape index (κ3) is 3.23. The number of aromatic nitrogens is 1. The lowest BCUT2D eigenvalue weighted by molar-refractivity contribution is 0.0147. The molecule has 3 rings (SSSR count). The maximum Gasteiger partial charge on any atom is 0.323 e. The van der Waals surface area contributed by atoms with Crippen LogP contribution in [0.15, 0.2) is 48.7 Å². The number of rotatable bonds is 2. The quantitative estimate of drug-likeness (QED) is 0.928. The van der Waals surface area contributed by atoms with Crippen molar-refractivity contribution in [1.82, 2.24) is 9.88 Å². The van der Waals surface area contributed by atoms with Crippen molar-refractivity contribution in [2.45, 2.75) is 6.04 Å². The highest BCUT2D eigenvalue weighted by Crippen LogP contribution is 2.24. The molecule has 2 aromatic rings. The monoisotopic (exact) mass is 301 g/mol. The molecule has 114 valence electrons. The van der Waals surface area contributed by atoms with Gasteiger partial charge in [-0.15, -0.1) is 0 Å². The highest BCUT2D eigenvalue weighted by molar-refractivity contribution is 5.88. The number of carbonyl (C=O) groups excluding carboxylic acids is 1. The zero-order chi connectivity index (χ0) is 15.4. The predicted octanol–water partition coefficient (Wildman–Crippen LogP) is 2.83. The first-order valence-electron chi connectivity index (χ1n) is 7.06. The lowest BCUT2D eigenvalue weighted by atomic mass is 10.1. The molecule has 22 heavy (non-hydrogen) atoms. The Labute approximate surface area is 127 Å². The number of amides is 2. The van der Waals surface area contributed by atoms with Crippen LogP contribution in [0.4, 0.5) is 15.0 Å². The number of halogens is 1. The summed E-state index contributed by atoms with van der Waals surface area (Å²) in [5.74, 6) is -0.115. The van der Waals surface area contributed by atoms with E-state index < -0.39 is 5.82 Å². The minimum atomic E-state index is -0.438. The van der Waals surface area contributed by atoms with Gasteiger partial charge in [0.25, 0.3) is 0 Å². The average molecular weight is 301 g/mol. The van der Waals surface area contributed by atoms with E-state index in [-0.39, 0.29) is 12.1 Å². The first-order valence-corrected chi connectivity index (χ1v) is 7.06. The van der Waals surface area contributed by atoms with Gasteiger partial charge in [-0.05, 0) is 17.7 Å². The van der Waals surface area contributed by atoms with E-state index in [0.29, 0.717) is 25.6 Å². The van der Waals surface area contributed by atoms with Crippen molar-refractivity contribution in [1.29, 1.82) is 0 Å². The number of hydrogen-bond acceptors (Lipinski definition) is 3. The molecule has 0 unspecified atom stereocenters. The van der Waals surface area contributed by atoms with Crippen molar-refractivity contribution >= 4 is 11.8 Å². The molecule has 0 aliphatic carbocycles. The minimum absolute atomic E-state index is 0.143. The fourth-order valence-electron chi connectivity index (χ4n) is 2.43. The topological polar surface area (TPSA) is 54.5 Å². The molecular formula is C16H16FN3O2. The number of nitrogens with one attached hydrogen (secondary N) is 1. The summed E-state index contributed by atoms with van der Waals surface area (Å²) < 4.78 is 18.4. The molecule has 1 atom stereocenters. The van der Waals surface area contributed by atoms with E-state index in [4.69, 9.17) is 4.74 Å². The number of morpholine rings is 1. The SMILES string of the molecule is O=C(Nc1ccc(F)cn1)N1CCOC[C@H]1c1ccccc1. The van der Waals surface area contributed by atoms with E-state index in [9.17, 15) is 9.18 Å². The van der Waals surface area contributed by atoms with Crippen LogP contribution in [-0.2, 0) is 4.74 Å². The molecule has 1 N–H and O–H groups in total. The summed E-state index contributed by atoms with van der Waals surface area (Å²) in [5, 5.41) is 2.69. The second-order valence-electron chi connectivity index (χ2n) is 4.99. The molecule has 0 radical (unpaired) electrons. The summed E-state index contributed by atoms with van der Waals surface area (Å²) in [6.07, 6.45) is 1.07. The van der Waals surface area contributed by atoms with Crippen molar-refractivity contribution in [2.24, 2.45) is 0 Å². The van der Waals surface area contributed by atoms with Gasteiger partial charge in [0.15, 0.2) is 0 Å². The fraction of sp³-hybridized carbons (Fsp3) is 0.250. The summed E-state index contributed by atoms with van der Waals surface area (Å²) in [5.41, 5.74) is 1.02. The van der Waals surface area contributed by atoms with Gasteiger partial charge in [0.05, 0.1) is 25.5 Å². The third-order valence-corrected chi connectivity index (χ3v) is 3.54. The van der Waals surface area contributed by atoms with Crippen LogP contribution in [-0.4, -0.2) is 35.7 Å². The summed E-state index contributed by atoms with van der Waals surface area (Å²) in [6.45, 7) is 1.44. The van der Waals surface area contributed by atoms with Gasteiger partial charge in [0.1, 0.15) is 11.6 Å². The Kier molecular flexibility index (Phi) is 4.29. The first kappa shape index (κ1) is 14.5. The van der Waals surface area contributed by atoms with Gasteiger partial charge in [0.2, 0.25) is 0 Å². The molecule has 1 fully saturated rings. The van der Waals surface area contributed by atoms with Crippen LogP contribution in [0, 0.1) is 5.82 Å². The number of urea groups is 1. The number of pyridine rings is 1. The number of nitrogens with zero attached hydrogens (tertiary/aromatic N) is 2. The Hall–Kier alpha value is -2.47. The molecule has 0 spiro atoms. The smallest absolute Gasteiger partial charge is 0.323 e. The number of hydrogen-bond donors (Lipinski definition) is 1. The molecule has 1 aromatic heterocycles. The van der Waals surface area contributed by atoms with Gasteiger partial charge in [-0.2, -0.15) is 0 Å². The molecule has 6 heteroatoms. The lowest BCUT2D eigenvalue weighted by Crippen LogP contribution is -2.45. The molecule has 5 nitrogen and oxygen atoms in total. The minimum Gasteiger partial charge on any atom is -0.377 e. The normalized spacial score (nSPS) is 18.0. The zero-order valence-corrected chi connectivity index (χ0v) is 11.9. The Morgan fingerprint density at radius 1 is 1.27 bits per heavy atom. The van der Waals surface area contributed by atoms with E-state index in [2.05, 4.69) is 10.3 Å². The number of anilines is 1. The van der Waals surface area contributed by atoms with E-state index in [1.54, 1.807) is 4.90 Å². The Morgan fingerprint density at radius 3 is 2.82 bits per heavy atom. The summed E-state index contributed by atoms with van der Waals surface area (Å²) in [4.78, 5) is 18.0. The maximum atomic E-state index is 12.9. The predicted molar refractivity (Wildman–Crippen MR) is 79.9 cm³/mol. The molecule has 1 aromatic carbocycles. The standard InChI is InChI=1S/C16H16FN3O2/c17-13-6-7-15(18-10-13)19-16(21)20-8-9-22-11-14(20)12-4-2-1-3-5-12/h1-7,10,14H,8-9,11H2,(H,18,19,21)/t14-/m0/s1. The summed E-state index contributed by atoms with van der Waals surface area (Å²) in [6, 6.07) is 12.0. The van der Waals surface area contributed by atoms with Gasteiger partial charge in [-0.3, -0.25) is 5.32 Å². The van der Waals surface area contributed by atoms with E-state index in [1.165, 1.54) is 12.1 Å². The van der Waals surface area contributed by atoms with E-state index in [0.717, 1.165) is 11.8 Å². The number of carbonyl (C=O) groups is 1. The fourth-order valence-corrected chi connectivity index (χ4v) is 2.43. The lowest BCUT2D eigenvalue weighted by Gasteiger charge is -2.35. The number of benzene rings is 1.